The molecular formula is C109H145Cl3N14O14S3. The first-order valence-corrected chi connectivity index (χ1v) is 58.5. The highest BCUT2D eigenvalue weighted by atomic mass is 35.5. The molecule has 5 N–H and O–H groups in total. The van der Waals surface area contributed by atoms with Crippen LogP contribution in [-0.4, -0.2) is 230 Å². The number of piperazine rings is 1. The SMILES string of the molecule is C=S1(=O)NC(=O)c2ccc3c(c2)N(C[C@@H]2CC[C@H]2[C@@](O)(CN=[N+]=[N-])CCC[C@H](C)[C@H]1C)C[C@@]1(CCCc2cc(Cl)ccc21)CO3.C=S1(=O)NC(=O)c2ccc3c(c2)N(C[C@@H]2CC[C@H]2[C@](CN2CCN(C4COC4)CC2)(OC)CCC[C@H](C)[C@H]1C)C[C@@]1(CCCc2cc(Cl)ccc21)CO3.C[C@@H]1[C@@H](C)CCC[C@@](O)(CN=[N+]=[N-])[C@@H]2CC[C@H]2CN2C[C@@]3(CCCc4cc(Cl)ccc43)COc3ccc(cc32)C(=O)NS1(=O)=O. The molecule has 8 aliphatic heterocycles. The van der Waals surface area contributed by atoms with Gasteiger partial charge in [-0.15, -0.1) is 0 Å². The number of methoxy groups -OCH3 is 1. The number of anilines is 3. The number of rotatable bonds is 8. The molecule has 28 nitrogen and oxygen atoms in total. The lowest BCUT2D eigenvalue weighted by Crippen LogP contribution is -2.61. The van der Waals surface area contributed by atoms with E-state index in [2.05, 4.69) is 108 Å². The number of fused-ring (bicyclic) bond motifs is 12. The Labute approximate surface area is 860 Å². The van der Waals surface area contributed by atoms with Crippen molar-refractivity contribution in [2.45, 2.75) is 250 Å². The van der Waals surface area contributed by atoms with Crippen molar-refractivity contribution in [2.24, 2.45) is 63.5 Å². The zero-order chi connectivity index (χ0) is 101. The molecule has 0 radical (unpaired) electrons. The van der Waals surface area contributed by atoms with Crippen LogP contribution in [0.5, 0.6) is 17.2 Å². The first kappa shape index (κ1) is 105. The van der Waals surface area contributed by atoms with Crippen LogP contribution in [-0.2, 0) is 74.4 Å². The second-order valence-corrected chi connectivity index (χ2v) is 53.1. The van der Waals surface area contributed by atoms with Crippen LogP contribution in [0, 0.1) is 53.3 Å². The minimum Gasteiger partial charge on any atom is -0.490 e. The molecule has 2 unspecified atom stereocenters. The zero-order valence-electron chi connectivity index (χ0n) is 84.1. The van der Waals surface area contributed by atoms with Crippen molar-refractivity contribution in [3.63, 3.8) is 0 Å². The van der Waals surface area contributed by atoms with E-state index < -0.39 is 57.7 Å². The van der Waals surface area contributed by atoms with Gasteiger partial charge in [-0.05, 0) is 356 Å². The van der Waals surface area contributed by atoms with Crippen LogP contribution in [0.25, 0.3) is 20.9 Å². The predicted octanol–water partition coefficient (Wildman–Crippen LogP) is 18.4. The molecule has 2 saturated heterocycles. The van der Waals surface area contributed by atoms with E-state index >= 15 is 0 Å². The highest BCUT2D eigenvalue weighted by Crippen LogP contribution is 2.56. The number of sulfonamides is 1. The number of benzene rings is 6. The molecule has 6 aromatic carbocycles. The van der Waals surface area contributed by atoms with E-state index in [-0.39, 0.29) is 98.3 Å². The van der Waals surface area contributed by atoms with Crippen molar-refractivity contribution >= 4 is 111 Å². The lowest BCUT2D eigenvalue weighted by molar-refractivity contribution is -0.138. The van der Waals surface area contributed by atoms with Crippen molar-refractivity contribution in [3.8, 4) is 17.2 Å². The molecule has 774 valence electrons. The molecule has 8 heterocycles. The maximum Gasteiger partial charge on any atom is 0.264 e. The first-order valence-electron chi connectivity index (χ1n) is 52.3. The van der Waals surface area contributed by atoms with E-state index in [1.54, 1.807) is 31.2 Å². The van der Waals surface area contributed by atoms with Gasteiger partial charge in [-0.1, -0.05) is 103 Å². The van der Waals surface area contributed by atoms with Gasteiger partial charge in [0.25, 0.3) is 17.7 Å². The van der Waals surface area contributed by atoms with E-state index in [4.69, 9.17) is 64.0 Å². The zero-order valence-corrected chi connectivity index (χ0v) is 88.8. The van der Waals surface area contributed by atoms with Crippen LogP contribution in [0.2, 0.25) is 15.1 Å². The number of aliphatic hydroxyl groups is 2. The number of aryl methyl sites for hydroxylation is 3. The lowest BCUT2D eigenvalue weighted by atomic mass is 9.62. The van der Waals surface area contributed by atoms with Crippen molar-refractivity contribution < 1.29 is 65.1 Å². The second kappa shape index (κ2) is 42.8. The Bertz CT molecular complexity index is 5970. The molecule has 20 atom stereocenters. The quantitative estimate of drug-likeness (QED) is 0.0409. The summed E-state index contributed by atoms with van der Waals surface area (Å²) in [5.41, 5.74) is 26.1. The number of nitrogens with one attached hydrogen (secondary N) is 3. The predicted molar refractivity (Wildman–Crippen MR) is 569 cm³/mol. The van der Waals surface area contributed by atoms with Crippen LogP contribution in [0.15, 0.2) is 119 Å². The van der Waals surface area contributed by atoms with Gasteiger partial charge in [0.1, 0.15) is 17.2 Å². The van der Waals surface area contributed by atoms with Crippen molar-refractivity contribution in [3.05, 3.63) is 195 Å². The number of amides is 3. The summed E-state index contributed by atoms with van der Waals surface area (Å²) in [4.78, 5) is 59.2. The summed E-state index contributed by atoms with van der Waals surface area (Å²) in [6.07, 6.45) is 20.9. The lowest BCUT2D eigenvalue weighted by Gasteiger charge is -2.54. The van der Waals surface area contributed by atoms with E-state index in [1.807, 2.05) is 89.4 Å². The van der Waals surface area contributed by atoms with Crippen molar-refractivity contribution in [1.29, 1.82) is 0 Å². The molecule has 6 bridgehead atoms. The van der Waals surface area contributed by atoms with E-state index in [0.29, 0.717) is 130 Å². The minimum absolute atomic E-state index is 0.00973. The summed E-state index contributed by atoms with van der Waals surface area (Å²) in [7, 11) is -7.92. The number of azide groups is 2. The number of halogens is 3. The van der Waals surface area contributed by atoms with Gasteiger partial charge in [0, 0.05) is 147 Å². The van der Waals surface area contributed by atoms with Crippen LogP contribution < -0.4 is 43.1 Å². The van der Waals surface area contributed by atoms with Crippen LogP contribution >= 0.6 is 34.8 Å². The Kier molecular flexibility index (Phi) is 31.3. The average Bonchev–Trinajstić information content (AvgIpc) is 1.67. The number of carbonyl (C=O) groups excluding carboxylic acids is 3. The Hall–Kier alpha value is -8.23. The Morgan fingerprint density at radius 2 is 0.825 bits per heavy atom. The molecule has 14 aliphatic rings. The summed E-state index contributed by atoms with van der Waals surface area (Å²) in [6, 6.07) is 35.5. The smallest absolute Gasteiger partial charge is 0.264 e. The molecule has 6 aliphatic carbocycles. The summed E-state index contributed by atoms with van der Waals surface area (Å²) in [5, 5.41) is 32.5. The number of nitrogens with zero attached hydrogens (tertiary/aromatic N) is 11. The largest absolute Gasteiger partial charge is 0.490 e. The molecule has 6 aromatic rings. The average molecular weight is 2080 g/mol. The number of ether oxygens (including phenoxy) is 5. The number of hydrogen-bond acceptors (Lipinski definition) is 21. The third kappa shape index (κ3) is 21.8. The fraction of sp³-hybridized carbons (Fsp3) is 0.624. The first-order chi connectivity index (χ1) is 68.4. The van der Waals surface area contributed by atoms with E-state index in [1.165, 1.54) is 33.4 Å². The maximum absolute atomic E-state index is 14.1. The van der Waals surface area contributed by atoms with Gasteiger partial charge < -0.3 is 48.6 Å². The normalized spacial score (nSPS) is 34.7. The Morgan fingerprint density at radius 1 is 0.462 bits per heavy atom. The fourth-order valence-corrected chi connectivity index (χ4v) is 31.7. The summed E-state index contributed by atoms with van der Waals surface area (Å²) in [5.74, 6) is 9.63. The molecule has 0 aromatic heterocycles. The van der Waals surface area contributed by atoms with Crippen LogP contribution in [0.4, 0.5) is 17.1 Å². The van der Waals surface area contributed by atoms with Gasteiger partial charge in [0.2, 0.25) is 10.0 Å². The molecule has 20 rings (SSSR count). The van der Waals surface area contributed by atoms with Gasteiger partial charge in [0.15, 0.2) is 0 Å². The topological polar surface area (TPSA) is 356 Å². The third-order valence-corrected chi connectivity index (χ3v) is 43.5. The van der Waals surface area contributed by atoms with Gasteiger partial charge in [-0.3, -0.25) is 33.6 Å². The van der Waals surface area contributed by atoms with Gasteiger partial charge in [-0.25, -0.2) is 21.6 Å². The third-order valence-electron chi connectivity index (χ3n) is 36.5. The van der Waals surface area contributed by atoms with E-state index in [0.717, 1.165) is 207 Å². The number of carbonyl (C=O) groups is 3. The molecule has 34 heteroatoms. The van der Waals surface area contributed by atoms with Crippen LogP contribution in [0.1, 0.15) is 241 Å². The summed E-state index contributed by atoms with van der Waals surface area (Å²) >= 11 is 19.4. The number of hydrogen-bond donors (Lipinski definition) is 5. The second-order valence-electron chi connectivity index (χ2n) is 45.0. The monoisotopic (exact) mass is 2070 g/mol. The summed E-state index contributed by atoms with van der Waals surface area (Å²) < 4.78 is 94.6. The van der Waals surface area contributed by atoms with Gasteiger partial charge in [-0.2, -0.15) is 0 Å². The van der Waals surface area contributed by atoms with Crippen molar-refractivity contribution in [1.82, 2.24) is 24.0 Å². The fourth-order valence-electron chi connectivity index (χ4n) is 26.8. The summed E-state index contributed by atoms with van der Waals surface area (Å²) in [6.45, 7) is 24.1. The van der Waals surface area contributed by atoms with E-state index in [9.17, 15) is 47.0 Å². The highest BCUT2D eigenvalue weighted by Gasteiger charge is 2.55. The molecule has 143 heavy (non-hydrogen) atoms. The van der Waals surface area contributed by atoms with Crippen molar-refractivity contribution in [2.75, 3.05) is 140 Å². The van der Waals surface area contributed by atoms with Gasteiger partial charge in [0.05, 0.1) is 111 Å². The highest BCUT2D eigenvalue weighted by molar-refractivity contribution is 7.99. The Morgan fingerprint density at radius 3 is 1.17 bits per heavy atom. The standard InChI is InChI=1S/C42H59ClN4O5S.C34H44ClN5O4S.C33H42ClN5O5S/c1-29-7-5-16-42(50-3,27-45-17-19-46(20-18-45)35-24-51-25-35)37-12-9-33(37)23-47-26-41(15-6-8-31-21-34(43)11-13-36(31)41)28-52-39-14-10-32(22-38(39)47)40(48)44-53(4,49)30(29)2;1-22-6-4-15-34(42,19-37-39-36)29-11-8-26(29)18-40-20-33(14-5-7-24-16-27(35)10-12-28(24)33)21-44-31-13-9-25(17-30(31)40)32(41)38-45(3,43)23(22)2;1-21-5-3-14-33(41,18-36-38-35)28-10-7-25(28)17-39-19-32(13-4-6-23-15-26(34)9-11-27(23)32)20-44-30-12-8-24(16-29(30)39)31(40)37-45(42,43)22(21)2/h10-11,13-14,21-22,29-30,33,35,37H,4-9,12,15-20,23-28H2,1-3H3,(H,44,48,49);9-10,12-13,16-17,22-23,26,29,42H,3-8,11,14-15,18-21H2,1-2H3,(H,38,41,43);8-9,11-12,15-16,21-22,25,28,41H,3-7,10,13-14,17-20H2,1-2H3,(H,37,40)/t29-,30+,33-,37+,41-,42-,53?;22-,23+,26-,29+,33-,34-,45?;21-,22+,25-,28+,32-,33+/m000/s1. The molecule has 3 saturated carbocycles. The molecule has 3 spiro atoms. The minimum atomic E-state index is -3.97. The van der Waals surface area contributed by atoms with Gasteiger partial charge >= 0.3 is 0 Å². The molecular weight excluding hydrogens is 1930 g/mol. The molecule has 5 fully saturated rings. The van der Waals surface area contributed by atoms with Crippen LogP contribution in [0.3, 0.4) is 0 Å². The Balaban J connectivity index is 0.000000142. The maximum atomic E-state index is 14.1. The molecule has 3 amide bonds.